The predicted octanol–water partition coefficient (Wildman–Crippen LogP) is 3.38. The maximum absolute atomic E-state index is 10.4. The third kappa shape index (κ3) is 22.7. The van der Waals surface area contributed by atoms with Crippen molar-refractivity contribution in [3.8, 4) is 0 Å². The highest BCUT2D eigenvalue weighted by Crippen LogP contribution is 2.22. The number of hydrogen-bond acceptors (Lipinski definition) is 0. The van der Waals surface area contributed by atoms with E-state index >= 15 is 0 Å². The number of hydrogen-bond donors (Lipinski definition) is 0. The van der Waals surface area contributed by atoms with Gasteiger partial charge in [0.05, 0.1) is 13.9 Å². The van der Waals surface area contributed by atoms with Crippen LogP contribution in [0.15, 0.2) is 0 Å². The summed E-state index contributed by atoms with van der Waals surface area (Å²) in [5.74, 6) is 0. The van der Waals surface area contributed by atoms with Crippen molar-refractivity contribution >= 4 is 0 Å². The molecule has 0 radical (unpaired) electrons. The van der Waals surface area contributed by atoms with Gasteiger partial charge in [0.2, 0.25) is 0 Å². The van der Waals surface area contributed by atoms with E-state index in [0.717, 1.165) is 0 Å². The van der Waals surface area contributed by atoms with E-state index in [1.54, 1.807) is 0 Å². The fourth-order valence-corrected chi connectivity index (χ4v) is 0. The van der Waals surface area contributed by atoms with E-state index in [0.29, 0.717) is 7.18 Å². The Labute approximate surface area is 65.4 Å². The summed E-state index contributed by atoms with van der Waals surface area (Å²) in [6.45, 7) is 1.21. The second-order valence-corrected chi connectivity index (χ2v) is 1.11. The zero-order valence-electron chi connectivity index (χ0n) is 6.43. The Hall–Kier alpha value is -0.490. The molecule has 0 atom stereocenters. The van der Waals surface area contributed by atoms with E-state index in [4.69, 9.17) is 0 Å². The molecule has 0 aromatic carbocycles. The lowest BCUT2D eigenvalue weighted by Gasteiger charge is -2.00. The fourth-order valence-electron chi connectivity index (χ4n) is 0. The molecule has 0 saturated heterocycles. The SMILES string of the molecule is CCF.CF.FC(F)C(F)(F)F. The van der Waals surface area contributed by atoms with Crippen LogP contribution in [0, 0.1) is 0 Å². The summed E-state index contributed by atoms with van der Waals surface area (Å²) in [5, 5.41) is 0. The van der Waals surface area contributed by atoms with Crippen LogP contribution in [0.4, 0.5) is 30.7 Å². The predicted molar refractivity (Wildman–Crippen MR) is 30.7 cm³/mol. The van der Waals surface area contributed by atoms with Gasteiger partial charge in [-0.3, -0.25) is 8.78 Å². The van der Waals surface area contributed by atoms with Gasteiger partial charge >= 0.3 is 12.6 Å². The Morgan fingerprint density at radius 2 is 1.17 bits per heavy atom. The number of alkyl halides is 7. The molecular weight excluding hydrogens is 193 g/mol. The monoisotopic (exact) mass is 202 g/mol. The summed E-state index contributed by atoms with van der Waals surface area (Å²) in [7, 11) is 0.500. The molecular formula is C5H9F7. The smallest absolute Gasteiger partial charge is 0.255 e. The lowest BCUT2D eigenvalue weighted by Crippen LogP contribution is -2.18. The molecule has 0 aliphatic heterocycles. The third-order valence-electron chi connectivity index (χ3n) is 0.247. The van der Waals surface area contributed by atoms with Gasteiger partial charge in [-0.1, -0.05) is 0 Å². The van der Waals surface area contributed by atoms with Gasteiger partial charge in [0.15, 0.2) is 0 Å². The molecule has 0 aliphatic carbocycles. The van der Waals surface area contributed by atoms with Crippen LogP contribution in [-0.2, 0) is 0 Å². The first-order valence-electron chi connectivity index (χ1n) is 2.64. The summed E-state index contributed by atoms with van der Waals surface area (Å²) < 4.78 is 71.9. The van der Waals surface area contributed by atoms with Gasteiger partial charge in [0, 0.05) is 0 Å². The average molecular weight is 202 g/mol. The van der Waals surface area contributed by atoms with E-state index < -0.39 is 12.6 Å². The molecule has 12 heavy (non-hydrogen) atoms. The lowest BCUT2D eigenvalue weighted by molar-refractivity contribution is -0.219. The molecule has 0 saturated carbocycles. The van der Waals surface area contributed by atoms with Crippen molar-refractivity contribution in [2.45, 2.75) is 19.5 Å². The maximum atomic E-state index is 10.4. The molecule has 0 amide bonds. The van der Waals surface area contributed by atoms with Crippen molar-refractivity contribution in [2.75, 3.05) is 13.9 Å². The summed E-state index contributed by atoms with van der Waals surface area (Å²) in [6.07, 6.45) is -9.53. The van der Waals surface area contributed by atoms with Gasteiger partial charge in [-0.15, -0.1) is 0 Å². The zero-order valence-corrected chi connectivity index (χ0v) is 6.43. The highest BCUT2D eigenvalue weighted by Gasteiger charge is 2.40. The Morgan fingerprint density at radius 3 is 1.17 bits per heavy atom. The fraction of sp³-hybridized carbons (Fsp3) is 1.00. The van der Waals surface area contributed by atoms with Crippen LogP contribution in [0.2, 0.25) is 0 Å². The van der Waals surface area contributed by atoms with Gasteiger partial charge in [-0.05, 0) is 6.92 Å². The van der Waals surface area contributed by atoms with Crippen LogP contribution >= 0.6 is 0 Å². The molecule has 0 aromatic rings. The van der Waals surface area contributed by atoms with Crippen molar-refractivity contribution in [1.82, 2.24) is 0 Å². The van der Waals surface area contributed by atoms with E-state index in [-0.39, 0.29) is 6.67 Å². The molecule has 0 aromatic heterocycles. The highest BCUT2D eigenvalue weighted by molar-refractivity contribution is 4.48. The molecule has 0 aliphatic rings. The quantitative estimate of drug-likeness (QED) is 0.528. The normalized spacial score (nSPS) is 9.50. The first-order valence-corrected chi connectivity index (χ1v) is 2.64. The Bertz CT molecular complexity index is 66.7. The van der Waals surface area contributed by atoms with Crippen LogP contribution < -0.4 is 0 Å². The number of rotatable bonds is 0. The van der Waals surface area contributed by atoms with Gasteiger partial charge in [-0.2, -0.15) is 13.2 Å². The molecule has 0 nitrogen and oxygen atoms in total. The minimum absolute atomic E-state index is 0.250. The molecule has 0 spiro atoms. The van der Waals surface area contributed by atoms with Crippen LogP contribution in [0.1, 0.15) is 6.92 Å². The Kier molecular flexibility index (Phi) is 15.4. The van der Waals surface area contributed by atoms with Crippen molar-refractivity contribution < 1.29 is 30.7 Å². The van der Waals surface area contributed by atoms with E-state index in [1.165, 1.54) is 6.92 Å². The van der Waals surface area contributed by atoms with Crippen molar-refractivity contribution in [1.29, 1.82) is 0 Å². The zero-order chi connectivity index (χ0) is 10.8. The van der Waals surface area contributed by atoms with Crippen LogP contribution in [0.3, 0.4) is 0 Å². The highest BCUT2D eigenvalue weighted by atomic mass is 19.4. The lowest BCUT2D eigenvalue weighted by atomic mass is 10.7. The topological polar surface area (TPSA) is 0 Å². The number of halogens is 7. The van der Waals surface area contributed by atoms with Gasteiger partial charge in [-0.25, -0.2) is 8.78 Å². The van der Waals surface area contributed by atoms with E-state index in [9.17, 15) is 30.7 Å². The molecule has 0 N–H and O–H groups in total. The van der Waals surface area contributed by atoms with Gasteiger partial charge in [0.1, 0.15) is 0 Å². The van der Waals surface area contributed by atoms with Gasteiger partial charge in [0.25, 0.3) is 0 Å². The summed E-state index contributed by atoms with van der Waals surface area (Å²) in [6, 6.07) is 0. The third-order valence-corrected chi connectivity index (χ3v) is 0.247. The molecule has 0 unspecified atom stereocenters. The molecule has 78 valence electrons. The van der Waals surface area contributed by atoms with E-state index in [1.807, 2.05) is 0 Å². The van der Waals surface area contributed by atoms with Crippen LogP contribution in [0.25, 0.3) is 0 Å². The first-order chi connectivity index (χ1) is 5.36. The summed E-state index contributed by atoms with van der Waals surface area (Å²) in [4.78, 5) is 0. The second-order valence-electron chi connectivity index (χ2n) is 1.11. The minimum Gasteiger partial charge on any atom is -0.255 e. The Balaban J connectivity index is -0.000000137. The standard InChI is InChI=1S/C2HF5.C2H5F.CH3F/c3-1(4)2(5,6)7;1-2-3;1-2/h1H;2H2,1H3;1H3. The minimum atomic E-state index is -5.33. The molecule has 0 fully saturated rings. The first kappa shape index (κ1) is 17.6. The summed E-state index contributed by atoms with van der Waals surface area (Å²) in [5.41, 5.74) is 0. The molecule has 0 bridgehead atoms. The Morgan fingerprint density at radius 1 is 1.08 bits per heavy atom. The largest absolute Gasteiger partial charge is 0.450 e. The van der Waals surface area contributed by atoms with Crippen LogP contribution in [-0.4, -0.2) is 26.5 Å². The van der Waals surface area contributed by atoms with E-state index in [2.05, 4.69) is 0 Å². The van der Waals surface area contributed by atoms with Gasteiger partial charge < -0.3 is 0 Å². The van der Waals surface area contributed by atoms with Crippen molar-refractivity contribution in [2.24, 2.45) is 0 Å². The maximum Gasteiger partial charge on any atom is 0.450 e. The van der Waals surface area contributed by atoms with Crippen molar-refractivity contribution in [3.63, 3.8) is 0 Å². The molecule has 7 heteroatoms. The molecule has 0 heterocycles. The van der Waals surface area contributed by atoms with Crippen LogP contribution in [0.5, 0.6) is 0 Å². The van der Waals surface area contributed by atoms with Crippen molar-refractivity contribution in [3.05, 3.63) is 0 Å². The second kappa shape index (κ2) is 10.5. The molecule has 0 rings (SSSR count). The summed E-state index contributed by atoms with van der Waals surface area (Å²) >= 11 is 0. The average Bonchev–Trinajstić information content (AvgIpc) is 1.91.